The molecule has 2 nitrogen and oxygen atoms in total. The third-order valence-electron chi connectivity index (χ3n) is 10.8. The molecule has 0 atom stereocenters. The van der Waals surface area contributed by atoms with Gasteiger partial charge in [-0.15, -0.1) is 0 Å². The number of anilines is 3. The molecule has 264 valence electrons. The minimum atomic E-state index is 1.09. The van der Waals surface area contributed by atoms with Gasteiger partial charge in [0.25, 0.3) is 0 Å². The molecule has 56 heavy (non-hydrogen) atoms. The maximum Gasteiger partial charge on any atom is 0.0562 e. The first-order chi connectivity index (χ1) is 27.8. The summed E-state index contributed by atoms with van der Waals surface area (Å²) in [5.74, 6) is 0. The van der Waals surface area contributed by atoms with E-state index in [1.54, 1.807) is 0 Å². The standard InChI is InChI=1S/C54H38N2/c1-6-20-39(21-7-1)45-37-36-44(38-48(45)41-24-10-3-11-25-41)55(43-28-14-5-15-29-43)51-34-19-35-52-54(51)47-30-16-17-32-49(47)56(52)50-33-18-31-46(40-22-8-2-9-23-40)53(50)42-26-12-4-13-27-42/h1-38H. The van der Waals surface area contributed by atoms with Crippen molar-refractivity contribution in [2.24, 2.45) is 0 Å². The number of benzene rings is 9. The summed E-state index contributed by atoms with van der Waals surface area (Å²) < 4.78 is 2.47. The van der Waals surface area contributed by atoms with Crippen LogP contribution in [-0.4, -0.2) is 4.57 Å². The van der Waals surface area contributed by atoms with Crippen molar-refractivity contribution >= 4 is 38.9 Å². The quantitative estimate of drug-likeness (QED) is 0.152. The third kappa shape index (κ3) is 5.85. The molecular formula is C54H38N2. The van der Waals surface area contributed by atoms with Gasteiger partial charge >= 0.3 is 0 Å². The molecule has 0 unspecified atom stereocenters. The minimum Gasteiger partial charge on any atom is -0.310 e. The van der Waals surface area contributed by atoms with Gasteiger partial charge in [0.2, 0.25) is 0 Å². The Balaban J connectivity index is 1.26. The van der Waals surface area contributed by atoms with Crippen LogP contribution in [0.25, 0.3) is 72.0 Å². The largest absolute Gasteiger partial charge is 0.310 e. The first kappa shape index (κ1) is 33.2. The van der Waals surface area contributed by atoms with Crippen LogP contribution in [0, 0.1) is 0 Å². The highest BCUT2D eigenvalue weighted by Gasteiger charge is 2.24. The summed E-state index contributed by atoms with van der Waals surface area (Å²) in [6.07, 6.45) is 0. The lowest BCUT2D eigenvalue weighted by atomic mass is 9.93. The first-order valence-electron chi connectivity index (χ1n) is 19.2. The zero-order valence-electron chi connectivity index (χ0n) is 30.8. The summed E-state index contributed by atoms with van der Waals surface area (Å²) in [6, 6.07) is 83.0. The highest BCUT2D eigenvalue weighted by molar-refractivity contribution is 6.17. The van der Waals surface area contributed by atoms with Gasteiger partial charge in [-0.2, -0.15) is 0 Å². The summed E-state index contributed by atoms with van der Waals surface area (Å²) in [4.78, 5) is 2.43. The summed E-state index contributed by atoms with van der Waals surface area (Å²) >= 11 is 0. The lowest BCUT2D eigenvalue weighted by Crippen LogP contribution is -2.10. The van der Waals surface area contributed by atoms with Gasteiger partial charge in [-0.25, -0.2) is 0 Å². The van der Waals surface area contributed by atoms with E-state index in [0.717, 1.165) is 33.8 Å². The van der Waals surface area contributed by atoms with Crippen molar-refractivity contribution < 1.29 is 0 Å². The van der Waals surface area contributed by atoms with Gasteiger partial charge in [0, 0.05) is 27.7 Å². The molecule has 10 aromatic rings. The van der Waals surface area contributed by atoms with E-state index in [0.29, 0.717) is 0 Å². The number of aromatic nitrogens is 1. The van der Waals surface area contributed by atoms with Crippen molar-refractivity contribution in [1.82, 2.24) is 4.57 Å². The Labute approximate surface area is 327 Å². The Morgan fingerprint density at radius 3 is 1.50 bits per heavy atom. The number of nitrogens with zero attached hydrogens (tertiary/aromatic N) is 2. The molecule has 0 N–H and O–H groups in total. The van der Waals surface area contributed by atoms with Crippen molar-refractivity contribution in [2.75, 3.05) is 4.90 Å². The molecule has 0 aliphatic carbocycles. The second-order valence-electron chi connectivity index (χ2n) is 14.1. The molecule has 2 heteroatoms. The summed E-state index contributed by atoms with van der Waals surface area (Å²) in [7, 11) is 0. The molecule has 9 aromatic carbocycles. The van der Waals surface area contributed by atoms with E-state index in [1.165, 1.54) is 55.3 Å². The van der Waals surface area contributed by atoms with Crippen molar-refractivity contribution in [3.63, 3.8) is 0 Å². The lowest BCUT2D eigenvalue weighted by Gasteiger charge is -2.28. The Kier molecular flexibility index (Phi) is 8.55. The molecule has 0 saturated heterocycles. The van der Waals surface area contributed by atoms with Crippen LogP contribution in [-0.2, 0) is 0 Å². The normalized spacial score (nSPS) is 11.2. The predicted molar refractivity (Wildman–Crippen MR) is 237 cm³/mol. The van der Waals surface area contributed by atoms with E-state index in [9.17, 15) is 0 Å². The van der Waals surface area contributed by atoms with Gasteiger partial charge in [0.15, 0.2) is 0 Å². The maximum atomic E-state index is 2.47. The van der Waals surface area contributed by atoms with Crippen LogP contribution in [0.5, 0.6) is 0 Å². The van der Waals surface area contributed by atoms with Crippen LogP contribution < -0.4 is 4.90 Å². The number of hydrogen-bond acceptors (Lipinski definition) is 1. The summed E-state index contributed by atoms with van der Waals surface area (Å²) in [5, 5.41) is 2.40. The van der Waals surface area contributed by atoms with Crippen LogP contribution in [0.2, 0.25) is 0 Å². The summed E-state index contributed by atoms with van der Waals surface area (Å²) in [6.45, 7) is 0. The summed E-state index contributed by atoms with van der Waals surface area (Å²) in [5.41, 5.74) is 16.3. The molecule has 0 bridgehead atoms. The zero-order valence-corrected chi connectivity index (χ0v) is 30.8. The molecule has 0 aliphatic rings. The average Bonchev–Trinajstić information content (AvgIpc) is 3.63. The van der Waals surface area contributed by atoms with E-state index in [2.05, 4.69) is 240 Å². The fraction of sp³-hybridized carbons (Fsp3) is 0. The minimum absolute atomic E-state index is 1.09. The Morgan fingerprint density at radius 1 is 0.321 bits per heavy atom. The van der Waals surface area contributed by atoms with Crippen molar-refractivity contribution in [3.8, 4) is 50.2 Å². The van der Waals surface area contributed by atoms with Crippen molar-refractivity contribution in [2.45, 2.75) is 0 Å². The molecule has 0 aliphatic heterocycles. The van der Waals surface area contributed by atoms with Gasteiger partial charge in [-0.1, -0.05) is 182 Å². The first-order valence-corrected chi connectivity index (χ1v) is 19.2. The number of para-hydroxylation sites is 2. The lowest BCUT2D eigenvalue weighted by molar-refractivity contribution is 1.18. The number of hydrogen-bond donors (Lipinski definition) is 0. The van der Waals surface area contributed by atoms with Gasteiger partial charge in [-0.3, -0.25) is 0 Å². The van der Waals surface area contributed by atoms with E-state index >= 15 is 0 Å². The molecule has 1 aromatic heterocycles. The smallest absolute Gasteiger partial charge is 0.0562 e. The van der Waals surface area contributed by atoms with Gasteiger partial charge in [0.1, 0.15) is 0 Å². The SMILES string of the molecule is c1ccc(-c2ccc(N(c3ccccc3)c3cccc4c3c3ccccc3n4-c3cccc(-c4ccccc4)c3-c3ccccc3)cc2-c2ccccc2)cc1. The monoisotopic (exact) mass is 714 g/mol. The number of rotatable bonds is 8. The van der Waals surface area contributed by atoms with E-state index in [4.69, 9.17) is 0 Å². The van der Waals surface area contributed by atoms with E-state index in [1.807, 2.05) is 0 Å². The molecule has 0 saturated carbocycles. The van der Waals surface area contributed by atoms with Crippen molar-refractivity contribution in [3.05, 3.63) is 231 Å². The van der Waals surface area contributed by atoms with Crippen LogP contribution in [0.3, 0.4) is 0 Å². The van der Waals surface area contributed by atoms with Gasteiger partial charge < -0.3 is 9.47 Å². The Morgan fingerprint density at radius 2 is 0.839 bits per heavy atom. The van der Waals surface area contributed by atoms with Crippen LogP contribution in [0.1, 0.15) is 0 Å². The van der Waals surface area contributed by atoms with Gasteiger partial charge in [-0.05, 0) is 87.5 Å². The van der Waals surface area contributed by atoms with Crippen molar-refractivity contribution in [1.29, 1.82) is 0 Å². The Hall–Kier alpha value is -7.42. The molecule has 10 rings (SSSR count). The van der Waals surface area contributed by atoms with Gasteiger partial charge in [0.05, 0.1) is 22.4 Å². The second kappa shape index (κ2) is 14.4. The number of fused-ring (bicyclic) bond motifs is 3. The Bertz CT molecular complexity index is 2930. The molecule has 0 fully saturated rings. The highest BCUT2D eigenvalue weighted by atomic mass is 15.1. The fourth-order valence-electron chi connectivity index (χ4n) is 8.34. The zero-order chi connectivity index (χ0) is 37.3. The third-order valence-corrected chi connectivity index (χ3v) is 10.8. The predicted octanol–water partition coefficient (Wildman–Crippen LogP) is 14.9. The topological polar surface area (TPSA) is 8.17 Å². The maximum absolute atomic E-state index is 2.47. The highest BCUT2D eigenvalue weighted by Crippen LogP contribution is 2.47. The molecule has 0 spiro atoms. The molecular weight excluding hydrogens is 677 g/mol. The van der Waals surface area contributed by atoms with Crippen LogP contribution >= 0.6 is 0 Å². The molecule has 1 heterocycles. The van der Waals surface area contributed by atoms with E-state index < -0.39 is 0 Å². The molecule has 0 amide bonds. The van der Waals surface area contributed by atoms with E-state index in [-0.39, 0.29) is 0 Å². The second-order valence-corrected chi connectivity index (χ2v) is 14.1. The van der Waals surface area contributed by atoms with Crippen LogP contribution in [0.4, 0.5) is 17.1 Å². The fourth-order valence-corrected chi connectivity index (χ4v) is 8.34. The molecule has 0 radical (unpaired) electrons. The average molecular weight is 715 g/mol. The van der Waals surface area contributed by atoms with Crippen LogP contribution in [0.15, 0.2) is 231 Å².